The van der Waals surface area contributed by atoms with Gasteiger partial charge in [0.2, 0.25) is 5.91 Å². The molecule has 0 saturated carbocycles. The quantitative estimate of drug-likeness (QED) is 0.790. The highest BCUT2D eigenvalue weighted by Gasteiger charge is 2.27. The van der Waals surface area contributed by atoms with Gasteiger partial charge in [-0.2, -0.15) is 0 Å². The normalized spacial score (nSPS) is 33.4. The highest BCUT2D eigenvalue weighted by Crippen LogP contribution is 2.20. The summed E-state index contributed by atoms with van der Waals surface area (Å²) in [6, 6.07) is 0. The minimum absolute atomic E-state index is 0.228. The van der Waals surface area contributed by atoms with Gasteiger partial charge in [-0.25, -0.2) is 0 Å². The zero-order valence-electron chi connectivity index (χ0n) is 11.4. The number of carbonyl (C=O) groups is 1. The van der Waals surface area contributed by atoms with Crippen LogP contribution in [0.25, 0.3) is 0 Å². The molecule has 3 atom stereocenters. The van der Waals surface area contributed by atoms with Crippen molar-refractivity contribution in [3.63, 3.8) is 0 Å². The number of aliphatic hydroxyl groups excluding tert-OH is 1. The van der Waals surface area contributed by atoms with E-state index in [1.165, 1.54) is 12.8 Å². The number of piperidine rings is 2. The Morgan fingerprint density at radius 1 is 1.44 bits per heavy atom. The summed E-state index contributed by atoms with van der Waals surface area (Å²) in [5, 5.41) is 13.2. The Hall–Kier alpha value is -0.610. The number of rotatable bonds is 3. The van der Waals surface area contributed by atoms with E-state index in [1.807, 2.05) is 4.90 Å². The lowest BCUT2D eigenvalue weighted by molar-refractivity contribution is -0.135. The Kier molecular flexibility index (Phi) is 5.01. The molecule has 104 valence electrons. The lowest BCUT2D eigenvalue weighted by atomic mass is 9.93. The first-order valence-electron chi connectivity index (χ1n) is 7.33. The molecule has 4 nitrogen and oxygen atoms in total. The molecule has 2 heterocycles. The maximum Gasteiger partial charge on any atom is 0.222 e. The van der Waals surface area contributed by atoms with Gasteiger partial charge in [0.25, 0.3) is 0 Å². The fourth-order valence-electron chi connectivity index (χ4n) is 2.93. The molecule has 3 unspecified atom stereocenters. The number of carbonyl (C=O) groups excluding carboxylic acids is 1. The van der Waals surface area contributed by atoms with Crippen LogP contribution in [-0.4, -0.2) is 48.2 Å². The molecule has 0 aromatic rings. The maximum atomic E-state index is 12.1. The molecule has 2 rings (SSSR count). The van der Waals surface area contributed by atoms with Crippen molar-refractivity contribution >= 4 is 5.91 Å². The molecule has 2 fully saturated rings. The predicted octanol–water partition coefficient (Wildman–Crippen LogP) is 0.995. The topological polar surface area (TPSA) is 52.6 Å². The van der Waals surface area contributed by atoms with E-state index in [9.17, 15) is 9.90 Å². The third-order valence-electron chi connectivity index (χ3n) is 4.44. The van der Waals surface area contributed by atoms with Crippen LogP contribution >= 0.6 is 0 Å². The Morgan fingerprint density at radius 2 is 2.28 bits per heavy atom. The standard InChI is InChI=1S/C14H26N2O2/c1-11-6-8-16(10-13(11)17)14(18)5-4-12-3-2-7-15-9-12/h11-13,15,17H,2-10H2,1H3. The van der Waals surface area contributed by atoms with Crippen molar-refractivity contribution in [2.75, 3.05) is 26.2 Å². The number of nitrogens with zero attached hydrogens (tertiary/aromatic N) is 1. The molecule has 0 aromatic heterocycles. The van der Waals surface area contributed by atoms with Crippen molar-refractivity contribution in [2.24, 2.45) is 11.8 Å². The van der Waals surface area contributed by atoms with E-state index in [-0.39, 0.29) is 12.0 Å². The van der Waals surface area contributed by atoms with Crippen molar-refractivity contribution in [1.82, 2.24) is 10.2 Å². The van der Waals surface area contributed by atoms with Gasteiger partial charge in [0, 0.05) is 19.5 Å². The SMILES string of the molecule is CC1CCN(C(=O)CCC2CCCNC2)CC1O. The van der Waals surface area contributed by atoms with Gasteiger partial charge in [-0.05, 0) is 50.6 Å². The number of β-amino-alcohol motifs (C(OH)–C–C–N with tert-alkyl or cyclic N) is 1. The van der Waals surface area contributed by atoms with Gasteiger partial charge in [-0.1, -0.05) is 6.92 Å². The first-order valence-corrected chi connectivity index (χ1v) is 7.33. The van der Waals surface area contributed by atoms with Crippen molar-refractivity contribution in [3.05, 3.63) is 0 Å². The van der Waals surface area contributed by atoms with Gasteiger partial charge < -0.3 is 15.3 Å². The van der Waals surface area contributed by atoms with Gasteiger partial charge >= 0.3 is 0 Å². The van der Waals surface area contributed by atoms with Gasteiger partial charge in [0.05, 0.1) is 6.10 Å². The molecule has 2 aliphatic heterocycles. The van der Waals surface area contributed by atoms with Crippen molar-refractivity contribution in [2.45, 2.75) is 45.1 Å². The summed E-state index contributed by atoms with van der Waals surface area (Å²) in [6.07, 6.45) is 4.72. The zero-order valence-corrected chi connectivity index (χ0v) is 11.4. The van der Waals surface area contributed by atoms with E-state index >= 15 is 0 Å². The van der Waals surface area contributed by atoms with E-state index in [0.29, 0.717) is 24.8 Å². The molecule has 2 N–H and O–H groups in total. The molecule has 0 radical (unpaired) electrons. The fraction of sp³-hybridized carbons (Fsp3) is 0.929. The number of likely N-dealkylation sites (tertiary alicyclic amines) is 1. The van der Waals surface area contributed by atoms with Gasteiger partial charge in [0.1, 0.15) is 0 Å². The first-order chi connectivity index (χ1) is 8.66. The number of amides is 1. The molecule has 0 spiro atoms. The van der Waals surface area contributed by atoms with Crippen LogP contribution in [0.2, 0.25) is 0 Å². The summed E-state index contributed by atoms with van der Waals surface area (Å²) in [4.78, 5) is 13.9. The van der Waals surface area contributed by atoms with Crippen LogP contribution < -0.4 is 5.32 Å². The summed E-state index contributed by atoms with van der Waals surface area (Å²) in [6.45, 7) is 5.59. The van der Waals surface area contributed by atoms with Crippen LogP contribution in [0.5, 0.6) is 0 Å². The minimum Gasteiger partial charge on any atom is -0.391 e. The lowest BCUT2D eigenvalue weighted by Gasteiger charge is -2.34. The number of hydrogen-bond acceptors (Lipinski definition) is 3. The van der Waals surface area contributed by atoms with E-state index in [1.54, 1.807) is 0 Å². The van der Waals surface area contributed by atoms with Gasteiger partial charge in [-0.3, -0.25) is 4.79 Å². The molecule has 0 aliphatic carbocycles. The van der Waals surface area contributed by atoms with Gasteiger partial charge in [0.15, 0.2) is 0 Å². The molecule has 1 amide bonds. The smallest absolute Gasteiger partial charge is 0.222 e. The number of hydrogen-bond donors (Lipinski definition) is 2. The average molecular weight is 254 g/mol. The second kappa shape index (κ2) is 6.53. The third kappa shape index (κ3) is 3.69. The first kappa shape index (κ1) is 13.8. The van der Waals surface area contributed by atoms with E-state index in [4.69, 9.17) is 0 Å². The average Bonchev–Trinajstić information content (AvgIpc) is 2.40. The molecule has 18 heavy (non-hydrogen) atoms. The molecule has 2 aliphatic rings. The molecular weight excluding hydrogens is 228 g/mol. The summed E-state index contributed by atoms with van der Waals surface area (Å²) in [5.74, 6) is 1.22. The fourth-order valence-corrected chi connectivity index (χ4v) is 2.93. The maximum absolute atomic E-state index is 12.1. The minimum atomic E-state index is -0.334. The van der Waals surface area contributed by atoms with Crippen molar-refractivity contribution < 1.29 is 9.90 Å². The number of aliphatic hydroxyl groups is 1. The molecule has 2 saturated heterocycles. The molecule has 0 aromatic carbocycles. The van der Waals surface area contributed by atoms with Crippen LogP contribution in [0.3, 0.4) is 0 Å². The summed E-state index contributed by atoms with van der Waals surface area (Å²) in [5.41, 5.74) is 0. The lowest BCUT2D eigenvalue weighted by Crippen LogP contribution is -2.46. The van der Waals surface area contributed by atoms with Crippen LogP contribution in [0.1, 0.15) is 39.0 Å². The Balaban J connectivity index is 1.70. The zero-order chi connectivity index (χ0) is 13.0. The highest BCUT2D eigenvalue weighted by molar-refractivity contribution is 5.76. The van der Waals surface area contributed by atoms with Gasteiger partial charge in [-0.15, -0.1) is 0 Å². The molecule has 0 bridgehead atoms. The predicted molar refractivity (Wildman–Crippen MR) is 71.2 cm³/mol. The highest BCUT2D eigenvalue weighted by atomic mass is 16.3. The molecule has 4 heteroatoms. The Labute approximate surface area is 110 Å². The van der Waals surface area contributed by atoms with E-state index in [2.05, 4.69) is 12.2 Å². The summed E-state index contributed by atoms with van der Waals surface area (Å²) >= 11 is 0. The van der Waals surface area contributed by atoms with E-state index in [0.717, 1.165) is 32.5 Å². The van der Waals surface area contributed by atoms with Crippen molar-refractivity contribution in [1.29, 1.82) is 0 Å². The second-order valence-electron chi connectivity index (χ2n) is 5.92. The number of nitrogens with one attached hydrogen (secondary N) is 1. The van der Waals surface area contributed by atoms with Crippen LogP contribution in [-0.2, 0) is 4.79 Å². The Morgan fingerprint density at radius 3 is 2.94 bits per heavy atom. The summed E-state index contributed by atoms with van der Waals surface area (Å²) < 4.78 is 0. The van der Waals surface area contributed by atoms with Crippen LogP contribution in [0.15, 0.2) is 0 Å². The largest absolute Gasteiger partial charge is 0.391 e. The monoisotopic (exact) mass is 254 g/mol. The van der Waals surface area contributed by atoms with Crippen LogP contribution in [0, 0.1) is 11.8 Å². The third-order valence-corrected chi connectivity index (χ3v) is 4.44. The van der Waals surface area contributed by atoms with Crippen LogP contribution in [0.4, 0.5) is 0 Å². The van der Waals surface area contributed by atoms with E-state index < -0.39 is 0 Å². The summed E-state index contributed by atoms with van der Waals surface area (Å²) in [7, 11) is 0. The molecular formula is C14H26N2O2. The second-order valence-corrected chi connectivity index (χ2v) is 5.92. The Bertz CT molecular complexity index is 277. The van der Waals surface area contributed by atoms with Crippen molar-refractivity contribution in [3.8, 4) is 0 Å².